The number of rotatable bonds is 6. The van der Waals surface area contributed by atoms with Crippen molar-refractivity contribution in [1.29, 1.82) is 0 Å². The topological polar surface area (TPSA) is 3.24 Å². The predicted octanol–water partition coefficient (Wildman–Crippen LogP) is 2.98. The lowest BCUT2D eigenvalue weighted by atomic mass is 10.1. The first-order valence-corrected chi connectivity index (χ1v) is 5.40. The highest BCUT2D eigenvalue weighted by Crippen LogP contribution is 2.11. The molecule has 0 saturated heterocycles. The van der Waals surface area contributed by atoms with E-state index >= 15 is 0 Å². The largest absolute Gasteiger partial charge is 0.302 e. The van der Waals surface area contributed by atoms with E-state index in [1.54, 1.807) is 0 Å². The van der Waals surface area contributed by atoms with Crippen LogP contribution < -0.4 is 0 Å². The van der Waals surface area contributed by atoms with Crippen LogP contribution in [0.3, 0.4) is 0 Å². The fourth-order valence-corrected chi connectivity index (χ4v) is 1.90. The van der Waals surface area contributed by atoms with Crippen molar-refractivity contribution >= 4 is 11.6 Å². The lowest BCUT2D eigenvalue weighted by Gasteiger charge is -2.22. The van der Waals surface area contributed by atoms with E-state index in [9.17, 15) is 0 Å². The van der Waals surface area contributed by atoms with E-state index < -0.39 is 0 Å². The van der Waals surface area contributed by atoms with E-state index in [4.69, 9.17) is 11.6 Å². The summed E-state index contributed by atoms with van der Waals surface area (Å²) in [6.07, 6.45) is 1.12. The third kappa shape index (κ3) is 5.84. The molecule has 0 spiro atoms. The summed E-state index contributed by atoms with van der Waals surface area (Å²) in [6, 6.07) is 0. The highest BCUT2D eigenvalue weighted by atomic mass is 35.5. The Kier molecular flexibility index (Phi) is 6.87. The van der Waals surface area contributed by atoms with Gasteiger partial charge in [-0.25, -0.2) is 0 Å². The SMILES string of the molecule is CCN(CC)CC(Cl)CC(C)C. The first-order valence-electron chi connectivity index (χ1n) is 4.96. The molecule has 0 fully saturated rings. The van der Waals surface area contributed by atoms with E-state index in [0.29, 0.717) is 11.3 Å². The van der Waals surface area contributed by atoms with Crippen LogP contribution in [-0.2, 0) is 0 Å². The molecule has 0 saturated carbocycles. The fourth-order valence-electron chi connectivity index (χ4n) is 1.35. The molecule has 0 bridgehead atoms. The molecule has 1 nitrogen and oxygen atoms in total. The zero-order valence-electron chi connectivity index (χ0n) is 8.81. The van der Waals surface area contributed by atoms with E-state index in [0.717, 1.165) is 26.1 Å². The zero-order valence-corrected chi connectivity index (χ0v) is 9.56. The van der Waals surface area contributed by atoms with Gasteiger partial charge in [0.2, 0.25) is 0 Å². The van der Waals surface area contributed by atoms with Crippen molar-refractivity contribution in [3.8, 4) is 0 Å². The van der Waals surface area contributed by atoms with Crippen LogP contribution in [-0.4, -0.2) is 29.9 Å². The van der Waals surface area contributed by atoms with Crippen molar-refractivity contribution in [2.75, 3.05) is 19.6 Å². The molecule has 0 aromatic carbocycles. The van der Waals surface area contributed by atoms with Gasteiger partial charge in [-0.2, -0.15) is 0 Å². The number of halogens is 1. The van der Waals surface area contributed by atoms with Gasteiger partial charge in [0.05, 0.1) is 0 Å². The van der Waals surface area contributed by atoms with Crippen LogP contribution in [0, 0.1) is 5.92 Å². The minimum Gasteiger partial charge on any atom is -0.302 e. The lowest BCUT2D eigenvalue weighted by Crippen LogP contribution is -2.30. The smallest absolute Gasteiger partial charge is 0.0465 e. The Balaban J connectivity index is 3.58. The molecule has 2 heteroatoms. The van der Waals surface area contributed by atoms with E-state index in [1.165, 1.54) is 0 Å². The third-order valence-corrected chi connectivity index (χ3v) is 2.39. The van der Waals surface area contributed by atoms with Crippen molar-refractivity contribution in [2.24, 2.45) is 5.92 Å². The Bertz CT molecular complexity index is 100. The first-order chi connectivity index (χ1) is 5.60. The summed E-state index contributed by atoms with van der Waals surface area (Å²) in [6.45, 7) is 12.1. The number of hydrogen-bond donors (Lipinski definition) is 0. The van der Waals surface area contributed by atoms with Gasteiger partial charge in [-0.1, -0.05) is 27.7 Å². The molecule has 1 atom stereocenters. The van der Waals surface area contributed by atoms with Crippen molar-refractivity contribution < 1.29 is 0 Å². The second-order valence-electron chi connectivity index (χ2n) is 3.71. The van der Waals surface area contributed by atoms with Gasteiger partial charge in [0.15, 0.2) is 0 Å². The molecule has 0 aliphatic carbocycles. The van der Waals surface area contributed by atoms with Gasteiger partial charge in [0.1, 0.15) is 0 Å². The minimum absolute atomic E-state index is 0.324. The van der Waals surface area contributed by atoms with Crippen LogP contribution in [0.15, 0.2) is 0 Å². The summed E-state index contributed by atoms with van der Waals surface area (Å²) >= 11 is 6.19. The summed E-state index contributed by atoms with van der Waals surface area (Å²) < 4.78 is 0. The maximum absolute atomic E-state index is 6.19. The fraction of sp³-hybridized carbons (Fsp3) is 1.00. The van der Waals surface area contributed by atoms with Crippen molar-refractivity contribution in [2.45, 2.75) is 39.5 Å². The molecule has 0 rings (SSSR count). The molecule has 0 aromatic heterocycles. The van der Waals surface area contributed by atoms with Crippen molar-refractivity contribution in [1.82, 2.24) is 4.90 Å². The predicted molar refractivity (Wildman–Crippen MR) is 56.9 cm³/mol. The van der Waals surface area contributed by atoms with Gasteiger partial charge in [-0.3, -0.25) is 0 Å². The van der Waals surface area contributed by atoms with Crippen LogP contribution in [0.25, 0.3) is 0 Å². The third-order valence-electron chi connectivity index (χ3n) is 2.08. The normalized spacial score (nSPS) is 14.2. The monoisotopic (exact) mass is 191 g/mol. The van der Waals surface area contributed by atoms with Gasteiger partial charge >= 0.3 is 0 Å². The Morgan fingerprint density at radius 3 is 2.00 bits per heavy atom. The average Bonchev–Trinajstić information content (AvgIpc) is 1.98. The maximum atomic E-state index is 6.19. The number of hydrogen-bond acceptors (Lipinski definition) is 1. The molecule has 0 heterocycles. The molecule has 0 aliphatic heterocycles. The molecule has 0 amide bonds. The van der Waals surface area contributed by atoms with Gasteiger partial charge in [-0.05, 0) is 25.4 Å². The van der Waals surface area contributed by atoms with Gasteiger partial charge < -0.3 is 4.90 Å². The Morgan fingerprint density at radius 2 is 1.67 bits per heavy atom. The summed E-state index contributed by atoms with van der Waals surface area (Å²) in [5.41, 5.74) is 0. The highest BCUT2D eigenvalue weighted by Gasteiger charge is 2.10. The molecule has 0 aromatic rings. The molecule has 0 radical (unpaired) electrons. The summed E-state index contributed by atoms with van der Waals surface area (Å²) in [5.74, 6) is 0.711. The molecular weight excluding hydrogens is 170 g/mol. The molecule has 0 N–H and O–H groups in total. The Labute approximate surface area is 82.1 Å². The maximum Gasteiger partial charge on any atom is 0.0465 e. The van der Waals surface area contributed by atoms with Crippen LogP contribution in [0.5, 0.6) is 0 Å². The standard InChI is InChI=1S/C10H22ClN/c1-5-12(6-2)8-10(11)7-9(3)4/h9-10H,5-8H2,1-4H3. The summed E-state index contributed by atoms with van der Waals surface area (Å²) in [7, 11) is 0. The first kappa shape index (κ1) is 12.2. The molecule has 1 unspecified atom stereocenters. The van der Waals surface area contributed by atoms with Crippen molar-refractivity contribution in [3.63, 3.8) is 0 Å². The van der Waals surface area contributed by atoms with E-state index in [1.807, 2.05) is 0 Å². The Hall–Kier alpha value is 0.250. The van der Waals surface area contributed by atoms with Crippen LogP contribution in [0.2, 0.25) is 0 Å². The summed E-state index contributed by atoms with van der Waals surface area (Å²) in [4.78, 5) is 2.38. The van der Waals surface area contributed by atoms with E-state index in [-0.39, 0.29) is 0 Å². The molecular formula is C10H22ClN. The second-order valence-corrected chi connectivity index (χ2v) is 4.33. The molecule has 74 valence electrons. The second kappa shape index (κ2) is 6.73. The molecule has 0 aliphatic rings. The molecule has 12 heavy (non-hydrogen) atoms. The van der Waals surface area contributed by atoms with Crippen LogP contribution >= 0.6 is 11.6 Å². The lowest BCUT2D eigenvalue weighted by molar-refractivity contribution is 0.293. The van der Waals surface area contributed by atoms with Crippen molar-refractivity contribution in [3.05, 3.63) is 0 Å². The summed E-state index contributed by atoms with van der Waals surface area (Å²) in [5, 5.41) is 0.324. The van der Waals surface area contributed by atoms with Gasteiger partial charge in [-0.15, -0.1) is 11.6 Å². The number of nitrogens with zero attached hydrogens (tertiary/aromatic N) is 1. The van der Waals surface area contributed by atoms with E-state index in [2.05, 4.69) is 32.6 Å². The minimum atomic E-state index is 0.324. The zero-order chi connectivity index (χ0) is 9.56. The highest BCUT2D eigenvalue weighted by molar-refractivity contribution is 6.20. The van der Waals surface area contributed by atoms with Gasteiger partial charge in [0.25, 0.3) is 0 Å². The van der Waals surface area contributed by atoms with Crippen LogP contribution in [0.1, 0.15) is 34.1 Å². The number of alkyl halides is 1. The quantitative estimate of drug-likeness (QED) is 0.584. The Morgan fingerprint density at radius 1 is 1.17 bits per heavy atom. The van der Waals surface area contributed by atoms with Crippen LogP contribution in [0.4, 0.5) is 0 Å². The average molecular weight is 192 g/mol. The van der Waals surface area contributed by atoms with Gasteiger partial charge in [0, 0.05) is 11.9 Å².